The highest BCUT2D eigenvalue weighted by molar-refractivity contribution is 8.11. The van der Waals surface area contributed by atoms with Gasteiger partial charge < -0.3 is 4.74 Å². The fraction of sp³-hybridized carbons (Fsp3) is 0.929. The second kappa shape index (κ2) is 6.63. The van der Waals surface area contributed by atoms with E-state index in [9.17, 15) is 4.79 Å². The summed E-state index contributed by atoms with van der Waals surface area (Å²) in [5.41, 5.74) is 0. The number of ether oxygens (including phenoxy) is 1. The van der Waals surface area contributed by atoms with Gasteiger partial charge in [0.15, 0.2) is 0 Å². The van der Waals surface area contributed by atoms with E-state index >= 15 is 0 Å². The van der Waals surface area contributed by atoms with Gasteiger partial charge in [0.25, 0.3) is 0 Å². The molecule has 0 spiro atoms. The third-order valence-corrected chi connectivity index (χ3v) is 9.31. The molecule has 2 saturated heterocycles. The zero-order valence-electron chi connectivity index (χ0n) is 12.8. The summed E-state index contributed by atoms with van der Waals surface area (Å²) in [6.45, 7) is 5.41. The molecule has 21 heavy (non-hydrogen) atoms. The van der Waals surface area contributed by atoms with Crippen molar-refractivity contribution in [3.63, 3.8) is 0 Å². The first kappa shape index (κ1) is 15.9. The van der Waals surface area contributed by atoms with Crippen molar-refractivity contribution < 1.29 is 9.53 Å². The largest absolute Gasteiger partial charge is 0.466 e. The van der Waals surface area contributed by atoms with Crippen LogP contribution in [-0.4, -0.2) is 54.1 Å². The average molecular weight is 331 g/mol. The van der Waals surface area contributed by atoms with Crippen LogP contribution in [0.4, 0.5) is 0 Å². The highest BCUT2D eigenvalue weighted by atomic mass is 32.4. The number of nitrogens with zero attached hydrogens (tertiary/aromatic N) is 2. The number of rotatable bonds is 7. The second-order valence-electron chi connectivity index (χ2n) is 6.31. The third kappa shape index (κ3) is 4.05. The molecule has 3 rings (SSSR count). The topological polar surface area (TPSA) is 44.3 Å². The van der Waals surface area contributed by atoms with Crippen LogP contribution >= 0.6 is 6.49 Å². The Morgan fingerprint density at radius 1 is 1.19 bits per heavy atom. The van der Waals surface area contributed by atoms with Gasteiger partial charge in [0.1, 0.15) is 6.49 Å². The maximum atomic E-state index is 11.6. The summed E-state index contributed by atoms with van der Waals surface area (Å²) in [5, 5.41) is 3.82. The Labute approximate surface area is 132 Å². The normalized spacial score (nSPS) is 30.1. The number of carbonyl (C=O) groups is 1. The molecule has 7 heteroatoms. The summed E-state index contributed by atoms with van der Waals surface area (Å²) in [7, 11) is 0. The van der Waals surface area contributed by atoms with Gasteiger partial charge in [0.05, 0.1) is 6.61 Å². The Bertz CT molecular complexity index is 416. The summed E-state index contributed by atoms with van der Waals surface area (Å²) in [6.07, 6.45) is 5.11. The summed E-state index contributed by atoms with van der Waals surface area (Å²) >= 11 is 5.97. The molecule has 120 valence electrons. The molecule has 2 aliphatic heterocycles. The highest BCUT2D eigenvalue weighted by Gasteiger charge is 2.44. The lowest BCUT2D eigenvalue weighted by atomic mass is 9.84. The van der Waals surface area contributed by atoms with Gasteiger partial charge in [-0.15, -0.1) is 0 Å². The van der Waals surface area contributed by atoms with Crippen LogP contribution in [-0.2, 0) is 21.3 Å². The first-order valence-corrected chi connectivity index (χ1v) is 10.9. The zero-order valence-corrected chi connectivity index (χ0v) is 14.5. The van der Waals surface area contributed by atoms with Gasteiger partial charge in [0, 0.05) is 38.6 Å². The van der Waals surface area contributed by atoms with Gasteiger partial charge in [-0.2, -0.15) is 0 Å². The van der Waals surface area contributed by atoms with Crippen LogP contribution in [0.15, 0.2) is 0 Å². The number of esters is 1. The standard InChI is InChI=1S/C14H26N3O2PS/c1-2-19-14(18)11-12-3-5-13(6-4-12)15-20(21,16-7-8-16)17-9-10-17/h12-13H,2-11H2,1H3,(H,15,21). The highest BCUT2D eigenvalue weighted by Crippen LogP contribution is 2.58. The minimum atomic E-state index is -1.61. The second-order valence-corrected chi connectivity index (χ2v) is 10.3. The van der Waals surface area contributed by atoms with E-state index in [1.807, 2.05) is 6.92 Å². The van der Waals surface area contributed by atoms with Crippen LogP contribution in [0, 0.1) is 5.92 Å². The molecule has 0 atom stereocenters. The Kier molecular flexibility index (Phi) is 5.01. The summed E-state index contributed by atoms with van der Waals surface area (Å²) in [6, 6.07) is 0.537. The van der Waals surface area contributed by atoms with Gasteiger partial charge in [-0.3, -0.25) is 9.88 Å². The van der Waals surface area contributed by atoms with Crippen LogP contribution < -0.4 is 5.09 Å². The van der Waals surface area contributed by atoms with E-state index in [4.69, 9.17) is 16.5 Å². The van der Waals surface area contributed by atoms with Crippen molar-refractivity contribution in [3.05, 3.63) is 0 Å². The molecular formula is C14H26N3O2PS. The number of carbonyl (C=O) groups excluding carboxylic acids is 1. The molecule has 0 aromatic carbocycles. The summed E-state index contributed by atoms with van der Waals surface area (Å²) < 4.78 is 9.94. The molecule has 3 aliphatic rings. The van der Waals surface area contributed by atoms with E-state index in [0.29, 0.717) is 25.0 Å². The van der Waals surface area contributed by atoms with Crippen LogP contribution in [0.5, 0.6) is 0 Å². The molecular weight excluding hydrogens is 305 g/mol. The number of nitrogens with one attached hydrogen (secondary N) is 1. The number of hydrogen-bond donors (Lipinski definition) is 1. The van der Waals surface area contributed by atoms with Gasteiger partial charge in [-0.25, -0.2) is 9.34 Å². The smallest absolute Gasteiger partial charge is 0.306 e. The Balaban J connectivity index is 1.45. The van der Waals surface area contributed by atoms with E-state index in [2.05, 4.69) is 14.4 Å². The quantitative estimate of drug-likeness (QED) is 0.437. The maximum absolute atomic E-state index is 11.6. The first-order valence-electron chi connectivity index (χ1n) is 8.16. The van der Waals surface area contributed by atoms with Crippen molar-refractivity contribution in [2.24, 2.45) is 5.92 Å². The van der Waals surface area contributed by atoms with Gasteiger partial charge >= 0.3 is 5.97 Å². The molecule has 0 bridgehead atoms. The molecule has 0 amide bonds. The molecule has 3 fully saturated rings. The van der Waals surface area contributed by atoms with Crippen LogP contribution in [0.2, 0.25) is 0 Å². The van der Waals surface area contributed by atoms with Crippen molar-refractivity contribution >= 4 is 24.3 Å². The van der Waals surface area contributed by atoms with E-state index in [0.717, 1.165) is 25.7 Å². The molecule has 1 aliphatic carbocycles. The average Bonchev–Trinajstić information content (AvgIpc) is 3.30. The van der Waals surface area contributed by atoms with Crippen LogP contribution in [0.1, 0.15) is 39.0 Å². The SMILES string of the molecule is CCOC(=O)CC1CCC(NP(=S)(N2CC2)N2CC2)CC1. The lowest BCUT2D eigenvalue weighted by molar-refractivity contribution is -0.144. The van der Waals surface area contributed by atoms with Crippen molar-refractivity contribution in [2.45, 2.75) is 45.1 Å². The maximum Gasteiger partial charge on any atom is 0.306 e. The van der Waals surface area contributed by atoms with Gasteiger partial charge in [-0.1, -0.05) is 0 Å². The molecule has 2 heterocycles. The fourth-order valence-corrected chi connectivity index (χ4v) is 7.27. The fourth-order valence-electron chi connectivity index (χ4n) is 3.16. The van der Waals surface area contributed by atoms with Gasteiger partial charge in [0.2, 0.25) is 0 Å². The predicted octanol–water partition coefficient (Wildman–Crippen LogP) is 1.94. The van der Waals surface area contributed by atoms with Gasteiger partial charge in [-0.05, 0) is 50.3 Å². The molecule has 0 radical (unpaired) electrons. The van der Waals surface area contributed by atoms with Crippen molar-refractivity contribution in [2.75, 3.05) is 32.8 Å². The van der Waals surface area contributed by atoms with E-state index in [1.54, 1.807) is 0 Å². The third-order valence-electron chi connectivity index (χ3n) is 4.57. The number of hydrogen-bond acceptors (Lipinski definition) is 3. The van der Waals surface area contributed by atoms with Crippen molar-refractivity contribution in [1.29, 1.82) is 0 Å². The van der Waals surface area contributed by atoms with E-state index in [-0.39, 0.29) is 5.97 Å². The molecule has 0 unspecified atom stereocenters. The monoisotopic (exact) mass is 331 g/mol. The molecule has 0 aromatic heterocycles. The lowest BCUT2D eigenvalue weighted by Crippen LogP contribution is -2.35. The Morgan fingerprint density at radius 3 is 2.24 bits per heavy atom. The van der Waals surface area contributed by atoms with E-state index in [1.165, 1.54) is 26.2 Å². The summed E-state index contributed by atoms with van der Waals surface area (Å²) in [4.78, 5) is 11.6. The van der Waals surface area contributed by atoms with Crippen LogP contribution in [0.25, 0.3) is 0 Å². The van der Waals surface area contributed by atoms with Crippen molar-refractivity contribution in [1.82, 2.24) is 14.4 Å². The first-order chi connectivity index (χ1) is 10.1. The molecule has 1 N–H and O–H groups in total. The minimum Gasteiger partial charge on any atom is -0.466 e. The summed E-state index contributed by atoms with van der Waals surface area (Å²) in [5.74, 6) is 0.467. The zero-order chi connectivity index (χ0) is 14.9. The Morgan fingerprint density at radius 2 is 1.76 bits per heavy atom. The molecule has 1 saturated carbocycles. The van der Waals surface area contributed by atoms with Crippen LogP contribution in [0.3, 0.4) is 0 Å². The van der Waals surface area contributed by atoms with E-state index < -0.39 is 6.49 Å². The molecule has 0 aromatic rings. The molecule has 5 nitrogen and oxygen atoms in total. The predicted molar refractivity (Wildman–Crippen MR) is 87.6 cm³/mol. The minimum absolute atomic E-state index is 0.0350. The van der Waals surface area contributed by atoms with Crippen molar-refractivity contribution in [3.8, 4) is 0 Å². The Hall–Kier alpha value is -0.0000000000000000694. The lowest BCUT2D eigenvalue weighted by Gasteiger charge is -2.35.